The molecule has 0 saturated carbocycles. The number of imidazole rings is 1. The Kier molecular flexibility index (Phi) is 6.19. The second-order valence-corrected chi connectivity index (χ2v) is 9.34. The lowest BCUT2D eigenvalue weighted by Gasteiger charge is -2.31. The quantitative estimate of drug-likeness (QED) is 0.479. The highest BCUT2D eigenvalue weighted by Crippen LogP contribution is 2.32. The molecule has 8 heteroatoms. The Hall–Kier alpha value is -1.94. The lowest BCUT2D eigenvalue weighted by atomic mass is 9.94. The molecule has 1 saturated heterocycles. The van der Waals surface area contributed by atoms with Gasteiger partial charge in [0.1, 0.15) is 11.6 Å². The zero-order chi connectivity index (χ0) is 20.4. The van der Waals surface area contributed by atoms with Crippen LogP contribution in [-0.4, -0.2) is 38.0 Å². The molecule has 152 valence electrons. The average Bonchev–Trinajstić information content (AvgIpc) is 3.36. The molecular formula is C21H23IN4O2S. The summed E-state index contributed by atoms with van der Waals surface area (Å²) in [7, 11) is 0. The topological polar surface area (TPSA) is 60.1 Å². The number of rotatable bonds is 5. The number of amides is 1. The first-order valence-corrected chi connectivity index (χ1v) is 11.8. The third-order valence-corrected chi connectivity index (χ3v) is 7.07. The van der Waals surface area contributed by atoms with Crippen LogP contribution < -0.4 is 5.69 Å². The van der Waals surface area contributed by atoms with Crippen LogP contribution in [0.4, 0.5) is 0 Å². The predicted molar refractivity (Wildman–Crippen MR) is 123 cm³/mol. The molecule has 3 heterocycles. The molecule has 0 spiro atoms. The van der Waals surface area contributed by atoms with Gasteiger partial charge in [0.15, 0.2) is 0 Å². The maximum atomic E-state index is 12.6. The van der Waals surface area contributed by atoms with E-state index in [0.29, 0.717) is 25.6 Å². The summed E-state index contributed by atoms with van der Waals surface area (Å²) >= 11 is 3.99. The van der Waals surface area contributed by atoms with Crippen LogP contribution >= 0.6 is 33.9 Å². The number of nitrogens with zero attached hydrogens (tertiary/aromatic N) is 4. The van der Waals surface area contributed by atoms with Crippen LogP contribution in [0.5, 0.6) is 0 Å². The highest BCUT2D eigenvalue weighted by molar-refractivity contribution is 14.1. The Morgan fingerprint density at radius 2 is 1.86 bits per heavy atom. The third-order valence-electron chi connectivity index (χ3n) is 5.44. The number of likely N-dealkylation sites (tertiary alicyclic amines) is 1. The van der Waals surface area contributed by atoms with Gasteiger partial charge in [-0.05, 0) is 54.5 Å². The number of thiazole rings is 1. The molecule has 0 radical (unpaired) electrons. The zero-order valence-electron chi connectivity index (χ0n) is 16.3. The summed E-state index contributed by atoms with van der Waals surface area (Å²) in [5, 5.41) is 3.21. The lowest BCUT2D eigenvalue weighted by Crippen LogP contribution is -2.41. The van der Waals surface area contributed by atoms with E-state index in [1.165, 1.54) is 8.14 Å². The summed E-state index contributed by atoms with van der Waals surface area (Å²) in [6.07, 6.45) is 5.24. The Balaban J connectivity index is 1.35. The second-order valence-electron chi connectivity index (χ2n) is 7.23. The number of carbonyl (C=O) groups excluding carboxylic acids is 1. The van der Waals surface area contributed by atoms with E-state index in [1.54, 1.807) is 28.3 Å². The molecular weight excluding hydrogens is 499 g/mol. The minimum Gasteiger partial charge on any atom is -0.341 e. The number of halogens is 1. The second kappa shape index (κ2) is 8.83. The van der Waals surface area contributed by atoms with Crippen LogP contribution in [0.2, 0.25) is 0 Å². The van der Waals surface area contributed by atoms with Gasteiger partial charge in [0.25, 0.3) is 0 Å². The normalized spacial score (nSPS) is 15.0. The maximum Gasteiger partial charge on any atom is 0.328 e. The summed E-state index contributed by atoms with van der Waals surface area (Å²) in [5.41, 5.74) is 2.16. The molecule has 4 rings (SSSR count). The number of aryl methyl sites for hydroxylation is 1. The molecule has 1 amide bonds. The molecule has 0 N–H and O–H groups in total. The van der Waals surface area contributed by atoms with Crippen molar-refractivity contribution >= 4 is 39.8 Å². The van der Waals surface area contributed by atoms with E-state index in [9.17, 15) is 9.59 Å². The molecule has 6 nitrogen and oxygen atoms in total. The molecule has 1 aliphatic rings. The average molecular weight is 522 g/mol. The van der Waals surface area contributed by atoms with Crippen molar-refractivity contribution in [3.63, 3.8) is 0 Å². The Labute approximate surface area is 187 Å². The molecule has 1 fully saturated rings. The summed E-state index contributed by atoms with van der Waals surface area (Å²) in [6, 6.07) is 8.42. The fourth-order valence-corrected chi connectivity index (χ4v) is 4.95. The fraction of sp³-hybridized carbons (Fsp3) is 0.381. The van der Waals surface area contributed by atoms with Gasteiger partial charge < -0.3 is 4.90 Å². The number of benzene rings is 1. The van der Waals surface area contributed by atoms with Gasteiger partial charge in [-0.2, -0.15) is 0 Å². The Morgan fingerprint density at radius 1 is 1.17 bits per heavy atom. The van der Waals surface area contributed by atoms with Crippen molar-refractivity contribution in [1.29, 1.82) is 0 Å². The summed E-state index contributed by atoms with van der Waals surface area (Å²) in [4.78, 5) is 31.5. The van der Waals surface area contributed by atoms with E-state index < -0.39 is 0 Å². The number of carbonyl (C=O) groups is 1. The molecule has 29 heavy (non-hydrogen) atoms. The van der Waals surface area contributed by atoms with Crippen LogP contribution in [0.25, 0.3) is 10.6 Å². The van der Waals surface area contributed by atoms with Gasteiger partial charge in [0.05, 0.1) is 5.69 Å². The van der Waals surface area contributed by atoms with Gasteiger partial charge in [-0.3, -0.25) is 13.9 Å². The van der Waals surface area contributed by atoms with Gasteiger partial charge in [0, 0.05) is 52.5 Å². The van der Waals surface area contributed by atoms with Gasteiger partial charge in [-0.1, -0.05) is 12.1 Å². The standard InChI is InChI=1S/C21H23IN4O2S/c1-2-24-11-12-26(21(24)28)13-19(27)25-9-7-15(8-10-25)18-14-29-20(23-18)16-3-5-17(22)6-4-16/h3-6,11-12,14-15H,2,7-10,13H2,1H3. The molecule has 0 bridgehead atoms. The highest BCUT2D eigenvalue weighted by Gasteiger charge is 2.26. The predicted octanol–water partition coefficient (Wildman–Crippen LogP) is 3.80. The van der Waals surface area contributed by atoms with Crippen LogP contribution in [0.15, 0.2) is 46.8 Å². The maximum absolute atomic E-state index is 12.6. The van der Waals surface area contributed by atoms with Crippen molar-refractivity contribution in [1.82, 2.24) is 19.0 Å². The third kappa shape index (κ3) is 4.48. The summed E-state index contributed by atoms with van der Waals surface area (Å²) < 4.78 is 4.31. The monoisotopic (exact) mass is 522 g/mol. The molecule has 1 aromatic carbocycles. The van der Waals surface area contributed by atoms with E-state index >= 15 is 0 Å². The van der Waals surface area contributed by atoms with Crippen molar-refractivity contribution in [2.24, 2.45) is 0 Å². The van der Waals surface area contributed by atoms with E-state index in [-0.39, 0.29) is 18.1 Å². The Morgan fingerprint density at radius 3 is 2.52 bits per heavy atom. The van der Waals surface area contributed by atoms with Crippen molar-refractivity contribution in [3.05, 3.63) is 61.8 Å². The first-order chi connectivity index (χ1) is 14.0. The molecule has 1 aliphatic heterocycles. The van der Waals surface area contributed by atoms with Gasteiger partial charge in [0.2, 0.25) is 5.91 Å². The SMILES string of the molecule is CCn1ccn(CC(=O)N2CCC(c3csc(-c4ccc(I)cc4)n3)CC2)c1=O. The number of hydrogen-bond donors (Lipinski definition) is 0. The van der Waals surface area contributed by atoms with E-state index in [2.05, 4.69) is 52.2 Å². The summed E-state index contributed by atoms with van der Waals surface area (Å²) in [5.74, 6) is 0.397. The number of hydrogen-bond acceptors (Lipinski definition) is 4. The molecule has 2 aromatic heterocycles. The molecule has 0 atom stereocenters. The highest BCUT2D eigenvalue weighted by atomic mass is 127. The molecule has 0 unspecified atom stereocenters. The van der Waals surface area contributed by atoms with Gasteiger partial charge in [-0.25, -0.2) is 9.78 Å². The minimum absolute atomic E-state index is 0.0114. The molecule has 3 aromatic rings. The van der Waals surface area contributed by atoms with Crippen molar-refractivity contribution < 1.29 is 4.79 Å². The minimum atomic E-state index is -0.124. The van der Waals surface area contributed by atoms with Crippen LogP contribution in [0.3, 0.4) is 0 Å². The largest absolute Gasteiger partial charge is 0.341 e. The van der Waals surface area contributed by atoms with E-state index in [1.807, 2.05) is 11.8 Å². The van der Waals surface area contributed by atoms with Crippen molar-refractivity contribution in [2.75, 3.05) is 13.1 Å². The van der Waals surface area contributed by atoms with E-state index in [0.717, 1.165) is 29.1 Å². The van der Waals surface area contributed by atoms with Crippen LogP contribution in [0.1, 0.15) is 31.4 Å². The van der Waals surface area contributed by atoms with Crippen LogP contribution in [-0.2, 0) is 17.9 Å². The van der Waals surface area contributed by atoms with Gasteiger partial charge in [-0.15, -0.1) is 11.3 Å². The van der Waals surface area contributed by atoms with Crippen LogP contribution in [0, 0.1) is 3.57 Å². The van der Waals surface area contributed by atoms with Crippen molar-refractivity contribution in [2.45, 2.75) is 38.8 Å². The zero-order valence-corrected chi connectivity index (χ0v) is 19.2. The van der Waals surface area contributed by atoms with E-state index in [4.69, 9.17) is 4.98 Å². The summed E-state index contributed by atoms with van der Waals surface area (Å²) in [6.45, 7) is 4.07. The number of piperidine rings is 1. The molecule has 0 aliphatic carbocycles. The fourth-order valence-electron chi connectivity index (χ4n) is 3.68. The smallest absolute Gasteiger partial charge is 0.328 e. The first-order valence-electron chi connectivity index (χ1n) is 9.80. The first kappa shape index (κ1) is 20.3. The lowest BCUT2D eigenvalue weighted by molar-refractivity contribution is -0.132. The Bertz CT molecular complexity index is 1050. The number of aromatic nitrogens is 3. The van der Waals surface area contributed by atoms with Crippen molar-refractivity contribution in [3.8, 4) is 10.6 Å². The van der Waals surface area contributed by atoms with Gasteiger partial charge >= 0.3 is 5.69 Å².